The Kier molecular flexibility index (Phi) is 4.74. The molecule has 0 N–H and O–H groups in total. The van der Waals surface area contributed by atoms with Crippen molar-refractivity contribution >= 4 is 5.91 Å². The topological polar surface area (TPSA) is 64.6 Å². The van der Waals surface area contributed by atoms with Gasteiger partial charge in [0.05, 0.1) is 23.8 Å². The van der Waals surface area contributed by atoms with Crippen molar-refractivity contribution in [2.45, 2.75) is 55.6 Å². The molecule has 5 rings (SSSR count). The fourth-order valence-electron chi connectivity index (χ4n) is 4.88. The van der Waals surface area contributed by atoms with E-state index in [0.29, 0.717) is 18.4 Å². The zero-order valence-electron chi connectivity index (χ0n) is 16.6. The summed E-state index contributed by atoms with van der Waals surface area (Å²) >= 11 is 0. The second-order valence-corrected chi connectivity index (χ2v) is 8.55. The molecule has 1 aromatic carbocycles. The van der Waals surface area contributed by atoms with Crippen LogP contribution in [0.15, 0.2) is 48.9 Å². The second-order valence-electron chi connectivity index (χ2n) is 8.55. The summed E-state index contributed by atoms with van der Waals surface area (Å²) in [5.41, 5.74) is 0.693. The summed E-state index contributed by atoms with van der Waals surface area (Å²) in [6.07, 6.45) is 10.4. The van der Waals surface area contributed by atoms with E-state index in [2.05, 4.69) is 27.0 Å². The molecule has 1 amide bonds. The van der Waals surface area contributed by atoms with E-state index in [1.165, 1.54) is 0 Å². The van der Waals surface area contributed by atoms with Crippen molar-refractivity contribution in [3.8, 4) is 5.88 Å². The summed E-state index contributed by atoms with van der Waals surface area (Å²) < 4.78 is 12.3. The molecule has 0 radical (unpaired) electrons. The zero-order chi connectivity index (χ0) is 19.7. The van der Waals surface area contributed by atoms with Crippen molar-refractivity contribution in [1.29, 1.82) is 0 Å². The highest BCUT2D eigenvalue weighted by atomic mass is 16.5. The fourth-order valence-corrected chi connectivity index (χ4v) is 4.88. The number of ether oxygens (including phenoxy) is 2. The quantitative estimate of drug-likeness (QED) is 0.799. The van der Waals surface area contributed by atoms with Crippen LogP contribution >= 0.6 is 0 Å². The van der Waals surface area contributed by atoms with Crippen molar-refractivity contribution in [3.63, 3.8) is 0 Å². The van der Waals surface area contributed by atoms with E-state index in [4.69, 9.17) is 9.47 Å². The van der Waals surface area contributed by atoms with Gasteiger partial charge in [-0.25, -0.2) is 4.98 Å². The van der Waals surface area contributed by atoms with Crippen LogP contribution in [-0.4, -0.2) is 52.2 Å². The molecule has 1 atom stereocenters. The third kappa shape index (κ3) is 3.62. The maximum Gasteiger partial charge on any atom is 0.233 e. The van der Waals surface area contributed by atoms with Crippen LogP contribution in [0.2, 0.25) is 0 Å². The second kappa shape index (κ2) is 7.41. The van der Waals surface area contributed by atoms with Gasteiger partial charge >= 0.3 is 0 Å². The Morgan fingerprint density at radius 3 is 2.59 bits per heavy atom. The largest absolute Gasteiger partial charge is 0.473 e. The van der Waals surface area contributed by atoms with Gasteiger partial charge in [-0.2, -0.15) is 0 Å². The van der Waals surface area contributed by atoms with Crippen molar-refractivity contribution in [1.82, 2.24) is 14.9 Å². The minimum Gasteiger partial charge on any atom is -0.473 e. The van der Waals surface area contributed by atoms with Crippen LogP contribution in [0.5, 0.6) is 5.88 Å². The van der Waals surface area contributed by atoms with E-state index >= 15 is 0 Å². The summed E-state index contributed by atoms with van der Waals surface area (Å²) in [6.45, 7) is 2.20. The molecule has 2 aromatic rings. The summed E-state index contributed by atoms with van der Waals surface area (Å²) in [4.78, 5) is 23.7. The van der Waals surface area contributed by atoms with Crippen LogP contribution in [0, 0.1) is 0 Å². The molecule has 152 valence electrons. The number of hydrogen-bond acceptors (Lipinski definition) is 5. The highest BCUT2D eigenvalue weighted by Gasteiger charge is 2.54. The minimum atomic E-state index is -0.281. The van der Waals surface area contributed by atoms with E-state index in [1.807, 2.05) is 18.2 Å². The third-order valence-corrected chi connectivity index (χ3v) is 6.72. The van der Waals surface area contributed by atoms with Crippen molar-refractivity contribution < 1.29 is 14.3 Å². The number of rotatable bonds is 4. The SMILES string of the molecule is O=C(N1CCC2(CC1)CC(Oc1cnccn1)CCO2)C1(c2ccccc2)CC1. The molecule has 2 aliphatic heterocycles. The van der Waals surface area contributed by atoms with Gasteiger partial charge in [0.25, 0.3) is 0 Å². The molecule has 1 aliphatic carbocycles. The van der Waals surface area contributed by atoms with Crippen LogP contribution in [-0.2, 0) is 14.9 Å². The molecule has 1 unspecified atom stereocenters. The Morgan fingerprint density at radius 1 is 1.10 bits per heavy atom. The Morgan fingerprint density at radius 2 is 1.90 bits per heavy atom. The molecule has 6 heteroatoms. The first-order chi connectivity index (χ1) is 14.2. The summed E-state index contributed by atoms with van der Waals surface area (Å²) in [7, 11) is 0. The highest BCUT2D eigenvalue weighted by molar-refractivity contribution is 5.91. The van der Waals surface area contributed by atoms with Gasteiger partial charge in [-0.1, -0.05) is 30.3 Å². The first-order valence-electron chi connectivity index (χ1n) is 10.6. The summed E-state index contributed by atoms with van der Waals surface area (Å²) in [5.74, 6) is 0.863. The summed E-state index contributed by atoms with van der Waals surface area (Å²) in [5, 5.41) is 0. The average Bonchev–Trinajstić information content (AvgIpc) is 3.58. The third-order valence-electron chi connectivity index (χ3n) is 6.72. The molecule has 3 aliphatic rings. The number of aromatic nitrogens is 2. The first kappa shape index (κ1) is 18.6. The number of piperidine rings is 1. The van der Waals surface area contributed by atoms with Crippen LogP contribution in [0.25, 0.3) is 0 Å². The smallest absolute Gasteiger partial charge is 0.233 e. The number of likely N-dealkylation sites (tertiary alicyclic amines) is 1. The Hall–Kier alpha value is -2.47. The maximum absolute atomic E-state index is 13.3. The zero-order valence-corrected chi connectivity index (χ0v) is 16.6. The van der Waals surface area contributed by atoms with Crippen molar-refractivity contribution in [3.05, 3.63) is 54.5 Å². The predicted molar refractivity (Wildman–Crippen MR) is 108 cm³/mol. The lowest BCUT2D eigenvalue weighted by Gasteiger charge is -2.46. The number of carbonyl (C=O) groups is 1. The molecule has 2 saturated heterocycles. The van der Waals surface area contributed by atoms with Gasteiger partial charge in [0, 0.05) is 38.3 Å². The van der Waals surface area contributed by atoms with Crippen molar-refractivity contribution in [2.75, 3.05) is 19.7 Å². The average molecular weight is 393 g/mol. The molecule has 1 spiro atoms. The van der Waals surface area contributed by atoms with Gasteiger partial charge in [-0.05, 0) is 31.2 Å². The van der Waals surface area contributed by atoms with Gasteiger partial charge in [0.2, 0.25) is 11.8 Å². The van der Waals surface area contributed by atoms with Gasteiger partial charge in [-0.3, -0.25) is 9.78 Å². The van der Waals surface area contributed by atoms with Gasteiger partial charge in [0.1, 0.15) is 6.10 Å². The number of hydrogen-bond donors (Lipinski definition) is 0. The summed E-state index contributed by atoms with van der Waals surface area (Å²) in [6, 6.07) is 10.3. The standard InChI is InChI=1S/C23H27N3O3/c27-21(23(7-8-23)18-4-2-1-3-5-18)26-13-9-22(10-14-26)16-19(6-15-28-22)29-20-17-24-11-12-25-20/h1-5,11-12,17,19H,6-10,13-16H2. The highest BCUT2D eigenvalue weighted by Crippen LogP contribution is 2.50. The van der Waals surface area contributed by atoms with E-state index in [9.17, 15) is 4.79 Å². The Balaban J connectivity index is 1.21. The van der Waals surface area contributed by atoms with E-state index in [0.717, 1.165) is 57.2 Å². The van der Waals surface area contributed by atoms with E-state index < -0.39 is 0 Å². The van der Waals surface area contributed by atoms with Crippen LogP contribution in [0.1, 0.15) is 44.1 Å². The lowest BCUT2D eigenvalue weighted by molar-refractivity contribution is -0.153. The minimum absolute atomic E-state index is 0.0850. The van der Waals surface area contributed by atoms with Crippen LogP contribution in [0.3, 0.4) is 0 Å². The normalized spacial score (nSPS) is 24.8. The molecule has 1 saturated carbocycles. The first-order valence-corrected chi connectivity index (χ1v) is 10.6. The van der Waals surface area contributed by atoms with Gasteiger partial charge in [-0.15, -0.1) is 0 Å². The molecule has 1 aromatic heterocycles. The Labute approximate surface area is 171 Å². The van der Waals surface area contributed by atoms with Gasteiger partial charge in [0.15, 0.2) is 0 Å². The van der Waals surface area contributed by atoms with Crippen LogP contribution < -0.4 is 4.74 Å². The van der Waals surface area contributed by atoms with Crippen LogP contribution in [0.4, 0.5) is 0 Å². The predicted octanol–water partition coefficient (Wildman–Crippen LogP) is 3.13. The maximum atomic E-state index is 13.3. The van der Waals surface area contributed by atoms with Gasteiger partial charge < -0.3 is 14.4 Å². The number of nitrogens with zero attached hydrogens (tertiary/aromatic N) is 3. The molecular formula is C23H27N3O3. The molecule has 29 heavy (non-hydrogen) atoms. The van der Waals surface area contributed by atoms with Crippen molar-refractivity contribution in [2.24, 2.45) is 0 Å². The lowest BCUT2D eigenvalue weighted by Crippen LogP contribution is -2.54. The number of carbonyl (C=O) groups excluding carboxylic acids is 1. The number of amides is 1. The fraction of sp³-hybridized carbons (Fsp3) is 0.522. The molecule has 3 fully saturated rings. The van der Waals surface area contributed by atoms with E-state index in [1.54, 1.807) is 18.6 Å². The number of benzene rings is 1. The van der Waals surface area contributed by atoms with E-state index in [-0.39, 0.29) is 17.1 Å². The molecule has 3 heterocycles. The molecular weight excluding hydrogens is 366 g/mol. The lowest BCUT2D eigenvalue weighted by atomic mass is 9.82. The molecule has 6 nitrogen and oxygen atoms in total. The molecule has 0 bridgehead atoms. The monoisotopic (exact) mass is 393 g/mol. The Bertz CT molecular complexity index is 846.